The van der Waals surface area contributed by atoms with Crippen molar-refractivity contribution in [2.24, 2.45) is 0 Å². The number of allylic oxidation sites excluding steroid dienone is 1. The van der Waals surface area contributed by atoms with Crippen molar-refractivity contribution in [3.05, 3.63) is 54.3 Å². The van der Waals surface area contributed by atoms with E-state index in [4.69, 9.17) is 9.84 Å². The summed E-state index contributed by atoms with van der Waals surface area (Å²) in [6.07, 6.45) is 6.04. The van der Waals surface area contributed by atoms with Crippen LogP contribution in [-0.2, 0) is 0 Å². The van der Waals surface area contributed by atoms with Crippen molar-refractivity contribution in [2.45, 2.75) is 12.5 Å². The third-order valence-corrected chi connectivity index (χ3v) is 2.07. The quantitative estimate of drug-likeness (QED) is 0.773. The van der Waals surface area contributed by atoms with Gasteiger partial charge in [-0.2, -0.15) is 0 Å². The maximum Gasteiger partial charge on any atom is 0.121 e. The molecule has 0 amide bonds. The highest BCUT2D eigenvalue weighted by atomic mass is 16.5. The van der Waals surface area contributed by atoms with Gasteiger partial charge in [0.15, 0.2) is 0 Å². The molecule has 1 aliphatic carbocycles. The van der Waals surface area contributed by atoms with E-state index in [1.54, 1.807) is 12.2 Å². The second-order valence-corrected chi connectivity index (χ2v) is 3.19. The first-order valence-electron chi connectivity index (χ1n) is 4.63. The molecule has 0 bridgehead atoms. The number of rotatable bonds is 2. The minimum atomic E-state index is 0.0355. The van der Waals surface area contributed by atoms with Crippen molar-refractivity contribution < 1.29 is 9.84 Å². The summed E-state index contributed by atoms with van der Waals surface area (Å²) in [6.45, 7) is 0. The second-order valence-electron chi connectivity index (χ2n) is 3.19. The largest absolute Gasteiger partial charge is 0.508 e. The molecule has 2 nitrogen and oxygen atoms in total. The van der Waals surface area contributed by atoms with Gasteiger partial charge in [-0.3, -0.25) is 0 Å². The normalized spacial score (nSPS) is 20.3. The van der Waals surface area contributed by atoms with E-state index in [0.29, 0.717) is 5.76 Å². The van der Waals surface area contributed by atoms with E-state index in [1.807, 2.05) is 36.4 Å². The highest BCUT2D eigenvalue weighted by molar-refractivity contribution is 5.24. The zero-order chi connectivity index (χ0) is 9.80. The van der Waals surface area contributed by atoms with Gasteiger partial charge in [0, 0.05) is 6.42 Å². The van der Waals surface area contributed by atoms with Crippen molar-refractivity contribution in [3.63, 3.8) is 0 Å². The average Bonchev–Trinajstić information content (AvgIpc) is 2.23. The van der Waals surface area contributed by atoms with Crippen LogP contribution in [0, 0.1) is 0 Å². The van der Waals surface area contributed by atoms with E-state index in [2.05, 4.69) is 0 Å². The highest BCUT2D eigenvalue weighted by Gasteiger charge is 2.08. The number of para-hydroxylation sites is 1. The molecule has 0 spiro atoms. The van der Waals surface area contributed by atoms with Crippen LogP contribution >= 0.6 is 0 Å². The lowest BCUT2D eigenvalue weighted by molar-refractivity contribution is 0.247. The molecule has 0 radical (unpaired) electrons. The Labute approximate surface area is 83.1 Å². The average molecular weight is 188 g/mol. The van der Waals surface area contributed by atoms with Gasteiger partial charge in [0.05, 0.1) is 0 Å². The van der Waals surface area contributed by atoms with Crippen LogP contribution in [0.3, 0.4) is 0 Å². The van der Waals surface area contributed by atoms with Crippen molar-refractivity contribution in [1.82, 2.24) is 0 Å². The minimum Gasteiger partial charge on any atom is -0.508 e. The second kappa shape index (κ2) is 4.01. The van der Waals surface area contributed by atoms with Gasteiger partial charge in [-0.1, -0.05) is 18.2 Å². The van der Waals surface area contributed by atoms with Gasteiger partial charge in [-0.05, 0) is 30.4 Å². The molecule has 1 aromatic rings. The zero-order valence-electron chi connectivity index (χ0n) is 7.76. The topological polar surface area (TPSA) is 29.5 Å². The van der Waals surface area contributed by atoms with Crippen LogP contribution in [0.15, 0.2) is 54.3 Å². The summed E-state index contributed by atoms with van der Waals surface area (Å²) in [7, 11) is 0. The maximum atomic E-state index is 9.11. The number of hydrogen-bond acceptors (Lipinski definition) is 2. The first-order valence-corrected chi connectivity index (χ1v) is 4.63. The van der Waals surface area contributed by atoms with Gasteiger partial charge in [-0.15, -0.1) is 0 Å². The molecule has 1 N–H and O–H groups in total. The number of benzene rings is 1. The summed E-state index contributed by atoms with van der Waals surface area (Å²) in [5, 5.41) is 9.11. The van der Waals surface area contributed by atoms with Crippen LogP contribution in [0.1, 0.15) is 6.42 Å². The molecule has 0 fully saturated rings. The monoisotopic (exact) mass is 188 g/mol. The van der Waals surface area contributed by atoms with Crippen LogP contribution in [0.5, 0.6) is 5.75 Å². The first-order chi connectivity index (χ1) is 6.84. The van der Waals surface area contributed by atoms with E-state index in [9.17, 15) is 0 Å². The lowest BCUT2D eigenvalue weighted by Crippen LogP contribution is -2.14. The number of ether oxygens (including phenoxy) is 1. The van der Waals surface area contributed by atoms with Crippen LogP contribution in [0.2, 0.25) is 0 Å². The molecular formula is C12H12O2. The Morgan fingerprint density at radius 2 is 2.00 bits per heavy atom. The van der Waals surface area contributed by atoms with Gasteiger partial charge >= 0.3 is 0 Å². The molecular weight excluding hydrogens is 176 g/mol. The molecule has 0 aliphatic heterocycles. The number of aliphatic hydroxyl groups excluding tert-OH is 1. The molecule has 1 unspecified atom stereocenters. The first kappa shape index (κ1) is 8.88. The molecule has 14 heavy (non-hydrogen) atoms. The molecule has 0 saturated carbocycles. The third kappa shape index (κ3) is 2.16. The number of aliphatic hydroxyl groups is 1. The lowest BCUT2D eigenvalue weighted by atomic mass is 10.1. The van der Waals surface area contributed by atoms with Gasteiger partial charge in [0.1, 0.15) is 17.6 Å². The van der Waals surface area contributed by atoms with Gasteiger partial charge in [0.2, 0.25) is 0 Å². The smallest absolute Gasteiger partial charge is 0.121 e. The van der Waals surface area contributed by atoms with E-state index >= 15 is 0 Å². The van der Waals surface area contributed by atoms with Crippen molar-refractivity contribution in [3.8, 4) is 5.75 Å². The third-order valence-electron chi connectivity index (χ3n) is 2.07. The standard InChI is InChI=1S/C12H12O2/c13-10-6-8-12(9-7-10)14-11-4-2-1-3-5-11/h1-8,12-13H,9H2. The van der Waals surface area contributed by atoms with E-state index in [1.165, 1.54) is 0 Å². The summed E-state index contributed by atoms with van der Waals surface area (Å²) in [5.41, 5.74) is 0. The summed E-state index contributed by atoms with van der Waals surface area (Å²) in [4.78, 5) is 0. The fourth-order valence-electron chi connectivity index (χ4n) is 1.35. The molecule has 0 saturated heterocycles. The molecule has 0 heterocycles. The molecule has 2 rings (SSSR count). The van der Waals surface area contributed by atoms with E-state index in [-0.39, 0.29) is 6.10 Å². The zero-order valence-corrected chi connectivity index (χ0v) is 7.76. The Kier molecular flexibility index (Phi) is 2.54. The summed E-state index contributed by atoms with van der Waals surface area (Å²) >= 11 is 0. The molecule has 2 heteroatoms. The van der Waals surface area contributed by atoms with E-state index < -0.39 is 0 Å². The van der Waals surface area contributed by atoms with Gasteiger partial charge in [-0.25, -0.2) is 0 Å². The number of hydrogen-bond donors (Lipinski definition) is 1. The molecule has 1 aromatic carbocycles. The van der Waals surface area contributed by atoms with Crippen molar-refractivity contribution >= 4 is 0 Å². The Hall–Kier alpha value is -1.70. The Morgan fingerprint density at radius 3 is 2.64 bits per heavy atom. The highest BCUT2D eigenvalue weighted by Crippen LogP contribution is 2.16. The van der Waals surface area contributed by atoms with E-state index in [0.717, 1.165) is 12.2 Å². The predicted molar refractivity (Wildman–Crippen MR) is 55.3 cm³/mol. The maximum absolute atomic E-state index is 9.11. The summed E-state index contributed by atoms with van der Waals surface area (Å²) < 4.78 is 5.66. The molecule has 0 aromatic heterocycles. The fourth-order valence-corrected chi connectivity index (χ4v) is 1.35. The SMILES string of the molecule is OC1=CCC(Oc2ccccc2)C=C1. The van der Waals surface area contributed by atoms with Gasteiger partial charge < -0.3 is 9.84 Å². The fraction of sp³-hybridized carbons (Fsp3) is 0.167. The van der Waals surface area contributed by atoms with Crippen molar-refractivity contribution in [2.75, 3.05) is 0 Å². The summed E-state index contributed by atoms with van der Waals surface area (Å²) in [5.74, 6) is 1.18. The Balaban J connectivity index is 1.98. The van der Waals surface area contributed by atoms with Crippen LogP contribution in [-0.4, -0.2) is 11.2 Å². The minimum absolute atomic E-state index is 0.0355. The Morgan fingerprint density at radius 1 is 1.21 bits per heavy atom. The molecule has 1 atom stereocenters. The van der Waals surface area contributed by atoms with Crippen LogP contribution in [0.4, 0.5) is 0 Å². The Bertz CT molecular complexity index is 352. The van der Waals surface area contributed by atoms with Crippen molar-refractivity contribution in [1.29, 1.82) is 0 Å². The van der Waals surface area contributed by atoms with Crippen LogP contribution in [0.25, 0.3) is 0 Å². The lowest BCUT2D eigenvalue weighted by Gasteiger charge is -2.16. The van der Waals surface area contributed by atoms with Gasteiger partial charge in [0.25, 0.3) is 0 Å². The predicted octanol–water partition coefficient (Wildman–Crippen LogP) is 2.84. The molecule has 72 valence electrons. The summed E-state index contributed by atoms with van der Waals surface area (Å²) in [6, 6.07) is 9.68. The van der Waals surface area contributed by atoms with Crippen LogP contribution < -0.4 is 4.74 Å². The molecule has 1 aliphatic rings.